The molecule has 0 aliphatic heterocycles. The van der Waals surface area contributed by atoms with Gasteiger partial charge in [-0.3, -0.25) is 0 Å². The molecule has 0 atom stereocenters. The van der Waals surface area contributed by atoms with Gasteiger partial charge in [0.15, 0.2) is 6.61 Å². The van der Waals surface area contributed by atoms with Crippen molar-refractivity contribution in [1.29, 1.82) is 0 Å². The normalized spacial score (nSPS) is 11.0. The molecule has 0 unspecified atom stereocenters. The molecule has 1 aromatic rings. The lowest BCUT2D eigenvalue weighted by Gasteiger charge is -2.20. The fourth-order valence-corrected chi connectivity index (χ4v) is 2.26. The fourth-order valence-electron chi connectivity index (χ4n) is 1.68. The lowest BCUT2D eigenvalue weighted by Crippen LogP contribution is -2.27. The van der Waals surface area contributed by atoms with E-state index in [9.17, 15) is 14.0 Å². The molecular formula is C15H18BrFO5. The van der Waals surface area contributed by atoms with Crippen molar-refractivity contribution in [2.24, 2.45) is 0 Å². The number of benzene rings is 1. The number of hydrogen-bond donors (Lipinski definition) is 0. The van der Waals surface area contributed by atoms with Crippen LogP contribution in [0.5, 0.6) is 5.75 Å². The number of alkyl halides is 1. The van der Waals surface area contributed by atoms with Crippen molar-refractivity contribution in [3.63, 3.8) is 0 Å². The summed E-state index contributed by atoms with van der Waals surface area (Å²) in [5.74, 6) is -1.85. The number of esters is 2. The largest absolute Gasteiger partial charge is 0.481 e. The third-order valence-electron chi connectivity index (χ3n) is 2.48. The first-order valence-corrected chi connectivity index (χ1v) is 7.61. The maximum Gasteiger partial charge on any atom is 0.344 e. The third-order valence-corrected chi connectivity index (χ3v) is 3.04. The molecule has 0 heterocycles. The highest BCUT2D eigenvalue weighted by molar-refractivity contribution is 9.08. The molecule has 0 aliphatic rings. The molecule has 0 bridgehead atoms. The van der Waals surface area contributed by atoms with Crippen molar-refractivity contribution in [2.75, 3.05) is 13.7 Å². The molecule has 0 saturated heterocycles. The second kappa shape index (κ2) is 7.58. The van der Waals surface area contributed by atoms with Crippen LogP contribution in [-0.4, -0.2) is 31.3 Å². The van der Waals surface area contributed by atoms with Crippen LogP contribution < -0.4 is 4.74 Å². The minimum absolute atomic E-state index is 0.0403. The van der Waals surface area contributed by atoms with Crippen molar-refractivity contribution >= 4 is 27.9 Å². The van der Waals surface area contributed by atoms with E-state index in [1.165, 1.54) is 7.11 Å². The number of methoxy groups -OCH3 is 1. The van der Waals surface area contributed by atoms with E-state index in [4.69, 9.17) is 9.47 Å². The second-order valence-electron chi connectivity index (χ2n) is 5.43. The molecule has 0 N–H and O–H groups in total. The molecule has 0 aromatic heterocycles. The van der Waals surface area contributed by atoms with Gasteiger partial charge in [0.05, 0.1) is 12.7 Å². The van der Waals surface area contributed by atoms with Gasteiger partial charge in [-0.1, -0.05) is 15.9 Å². The van der Waals surface area contributed by atoms with Crippen LogP contribution in [-0.2, 0) is 19.6 Å². The van der Waals surface area contributed by atoms with Gasteiger partial charge in [-0.15, -0.1) is 0 Å². The number of ether oxygens (including phenoxy) is 3. The van der Waals surface area contributed by atoms with E-state index in [0.717, 1.165) is 12.1 Å². The maximum atomic E-state index is 13.6. The standard InChI is InChI=1S/C15H18BrFO5/c1-15(2,3)22-13(18)8-21-12-6-9(17)5-10(11(12)7-16)14(19)20-4/h5-6H,7-8H2,1-4H3. The Morgan fingerprint density at radius 3 is 2.41 bits per heavy atom. The smallest absolute Gasteiger partial charge is 0.344 e. The van der Waals surface area contributed by atoms with E-state index in [1.54, 1.807) is 20.8 Å². The zero-order chi connectivity index (χ0) is 16.9. The second-order valence-corrected chi connectivity index (χ2v) is 5.99. The lowest BCUT2D eigenvalue weighted by molar-refractivity contribution is -0.157. The zero-order valence-corrected chi connectivity index (χ0v) is 14.5. The van der Waals surface area contributed by atoms with Gasteiger partial charge in [0.25, 0.3) is 0 Å². The fraction of sp³-hybridized carbons (Fsp3) is 0.467. The highest BCUT2D eigenvalue weighted by atomic mass is 79.9. The van der Waals surface area contributed by atoms with Gasteiger partial charge in [0.1, 0.15) is 17.2 Å². The summed E-state index contributed by atoms with van der Waals surface area (Å²) in [6.45, 7) is 4.80. The summed E-state index contributed by atoms with van der Waals surface area (Å²) >= 11 is 3.21. The number of halogens is 2. The predicted octanol–water partition coefficient (Wildman–Crippen LogP) is 3.23. The van der Waals surface area contributed by atoms with Gasteiger partial charge >= 0.3 is 11.9 Å². The Labute approximate surface area is 136 Å². The van der Waals surface area contributed by atoms with Gasteiger partial charge in [0.2, 0.25) is 0 Å². The van der Waals surface area contributed by atoms with Crippen LogP contribution in [0.2, 0.25) is 0 Å². The Morgan fingerprint density at radius 1 is 1.27 bits per heavy atom. The molecule has 0 saturated carbocycles. The van der Waals surface area contributed by atoms with Crippen LogP contribution in [0.15, 0.2) is 12.1 Å². The summed E-state index contributed by atoms with van der Waals surface area (Å²) in [4.78, 5) is 23.3. The van der Waals surface area contributed by atoms with E-state index in [1.807, 2.05) is 0 Å². The van der Waals surface area contributed by atoms with Crippen LogP contribution in [0, 0.1) is 5.82 Å². The highest BCUT2D eigenvalue weighted by Gasteiger charge is 2.20. The Hall–Kier alpha value is -1.63. The summed E-state index contributed by atoms with van der Waals surface area (Å²) in [6.07, 6.45) is 0. The molecule has 5 nitrogen and oxygen atoms in total. The van der Waals surface area contributed by atoms with Gasteiger partial charge < -0.3 is 14.2 Å². The average molecular weight is 377 g/mol. The number of hydrogen-bond acceptors (Lipinski definition) is 5. The first-order chi connectivity index (χ1) is 10.2. The molecule has 0 spiro atoms. The van der Waals surface area contributed by atoms with Crippen molar-refractivity contribution < 1.29 is 28.2 Å². The van der Waals surface area contributed by atoms with Gasteiger partial charge in [0, 0.05) is 17.0 Å². The van der Waals surface area contributed by atoms with Crippen molar-refractivity contribution in [3.8, 4) is 5.75 Å². The summed E-state index contributed by atoms with van der Waals surface area (Å²) in [5.41, 5.74) is -0.201. The van der Waals surface area contributed by atoms with E-state index < -0.39 is 23.4 Å². The molecular weight excluding hydrogens is 359 g/mol. The first kappa shape index (κ1) is 18.4. The highest BCUT2D eigenvalue weighted by Crippen LogP contribution is 2.27. The molecule has 22 heavy (non-hydrogen) atoms. The van der Waals surface area contributed by atoms with Gasteiger partial charge in [-0.05, 0) is 26.8 Å². The summed E-state index contributed by atoms with van der Waals surface area (Å²) in [6, 6.07) is 2.16. The molecule has 0 aliphatic carbocycles. The summed E-state index contributed by atoms with van der Waals surface area (Å²) < 4.78 is 28.6. The van der Waals surface area contributed by atoms with Crippen LogP contribution >= 0.6 is 15.9 Å². The maximum absolute atomic E-state index is 13.6. The SMILES string of the molecule is COC(=O)c1cc(F)cc(OCC(=O)OC(C)(C)C)c1CBr. The molecule has 1 rings (SSSR count). The minimum Gasteiger partial charge on any atom is -0.481 e. The lowest BCUT2D eigenvalue weighted by atomic mass is 10.1. The summed E-state index contributed by atoms with van der Waals surface area (Å²) in [5, 5.41) is 0.237. The third kappa shape index (κ3) is 5.29. The predicted molar refractivity (Wildman–Crippen MR) is 81.7 cm³/mol. The average Bonchev–Trinajstić information content (AvgIpc) is 2.41. The van der Waals surface area contributed by atoms with E-state index >= 15 is 0 Å². The quantitative estimate of drug-likeness (QED) is 0.583. The molecule has 122 valence electrons. The monoisotopic (exact) mass is 376 g/mol. The van der Waals surface area contributed by atoms with Crippen LogP contribution in [0.3, 0.4) is 0 Å². The van der Waals surface area contributed by atoms with E-state index in [0.29, 0.717) is 5.56 Å². The van der Waals surface area contributed by atoms with Crippen LogP contribution in [0.4, 0.5) is 4.39 Å². The Bertz CT molecular complexity index is 566. The molecule has 0 amide bonds. The Balaban J connectivity index is 2.97. The topological polar surface area (TPSA) is 61.8 Å². The first-order valence-electron chi connectivity index (χ1n) is 6.49. The van der Waals surface area contributed by atoms with Crippen molar-refractivity contribution in [1.82, 2.24) is 0 Å². The Kier molecular flexibility index (Phi) is 6.34. The van der Waals surface area contributed by atoms with Crippen molar-refractivity contribution in [3.05, 3.63) is 29.1 Å². The number of carbonyl (C=O) groups is 2. The Morgan fingerprint density at radius 2 is 1.91 bits per heavy atom. The van der Waals surface area contributed by atoms with Gasteiger partial charge in [-0.25, -0.2) is 14.0 Å². The van der Waals surface area contributed by atoms with Crippen LogP contribution in [0.1, 0.15) is 36.7 Å². The number of carbonyl (C=O) groups excluding carboxylic acids is 2. The molecule has 0 radical (unpaired) electrons. The van der Waals surface area contributed by atoms with E-state index in [-0.39, 0.29) is 23.2 Å². The van der Waals surface area contributed by atoms with Crippen LogP contribution in [0.25, 0.3) is 0 Å². The molecule has 0 fully saturated rings. The summed E-state index contributed by atoms with van der Waals surface area (Å²) in [7, 11) is 1.20. The molecule has 1 aromatic carbocycles. The minimum atomic E-state index is -0.684. The molecule has 7 heteroatoms. The van der Waals surface area contributed by atoms with Gasteiger partial charge in [-0.2, -0.15) is 0 Å². The number of rotatable bonds is 5. The zero-order valence-electron chi connectivity index (χ0n) is 12.9. The van der Waals surface area contributed by atoms with Crippen molar-refractivity contribution in [2.45, 2.75) is 31.7 Å². The van der Waals surface area contributed by atoms with E-state index in [2.05, 4.69) is 20.7 Å².